The number of hydrogen-bond donors (Lipinski definition) is 0. The van der Waals surface area contributed by atoms with E-state index >= 15 is 0 Å². The molecule has 0 unspecified atom stereocenters. The Morgan fingerprint density at radius 2 is 1.50 bits per heavy atom. The molecule has 1 aliphatic rings. The minimum atomic E-state index is 1.20. The number of rotatable bonds is 4. The molecule has 0 heterocycles. The minimum Gasteiger partial charge on any atom is -0.0617 e. The number of fused-ring (bicyclic) bond motifs is 1. The summed E-state index contributed by atoms with van der Waals surface area (Å²) < 4.78 is 0. The predicted octanol–water partition coefficient (Wildman–Crippen LogP) is 5.67. The zero-order valence-electron chi connectivity index (χ0n) is 14.3. The Labute approximate surface area is 135 Å². The molecule has 0 atom stereocenters. The fraction of sp³-hybridized carbons (Fsp3) is 0.455. The molecule has 1 aliphatic carbocycles. The van der Waals surface area contributed by atoms with Crippen molar-refractivity contribution in [2.24, 2.45) is 0 Å². The van der Waals surface area contributed by atoms with Gasteiger partial charge in [0.25, 0.3) is 0 Å². The van der Waals surface area contributed by atoms with Gasteiger partial charge in [0.2, 0.25) is 0 Å². The third-order valence-electron chi connectivity index (χ3n) is 5.54. The van der Waals surface area contributed by atoms with Crippen LogP contribution in [0.5, 0.6) is 0 Å². The Balaban J connectivity index is 1.68. The van der Waals surface area contributed by atoms with E-state index in [1.807, 2.05) is 0 Å². The minimum absolute atomic E-state index is 1.20. The lowest BCUT2D eigenvalue weighted by Crippen LogP contribution is -2.07. The Morgan fingerprint density at radius 1 is 0.773 bits per heavy atom. The molecular formula is C22H28. The van der Waals surface area contributed by atoms with Crippen LogP contribution < -0.4 is 0 Å². The van der Waals surface area contributed by atoms with Crippen LogP contribution in [0.3, 0.4) is 0 Å². The normalized spacial score (nSPS) is 14.0. The molecule has 0 spiro atoms. The smallest absolute Gasteiger partial charge is 0.0273 e. The molecule has 0 nitrogen and oxygen atoms in total. The van der Waals surface area contributed by atoms with Gasteiger partial charge >= 0.3 is 0 Å². The van der Waals surface area contributed by atoms with Gasteiger partial charge in [0, 0.05) is 0 Å². The average molecular weight is 292 g/mol. The number of hydrogen-bond acceptors (Lipinski definition) is 0. The second-order valence-corrected chi connectivity index (χ2v) is 6.91. The highest BCUT2D eigenvalue weighted by Gasteiger charge is 2.13. The van der Waals surface area contributed by atoms with E-state index in [1.54, 1.807) is 22.3 Å². The molecule has 0 fully saturated rings. The second kappa shape index (κ2) is 6.69. The molecule has 0 amide bonds. The topological polar surface area (TPSA) is 0 Å². The summed E-state index contributed by atoms with van der Waals surface area (Å²) >= 11 is 0. The molecule has 22 heavy (non-hydrogen) atoms. The van der Waals surface area contributed by atoms with Crippen LogP contribution in [0.2, 0.25) is 0 Å². The third kappa shape index (κ3) is 3.11. The molecule has 0 radical (unpaired) electrons. The van der Waals surface area contributed by atoms with Crippen molar-refractivity contribution in [2.75, 3.05) is 0 Å². The average Bonchev–Trinajstić information content (AvgIpc) is 2.54. The van der Waals surface area contributed by atoms with Gasteiger partial charge in [-0.1, -0.05) is 30.3 Å². The third-order valence-corrected chi connectivity index (χ3v) is 5.54. The Kier molecular flexibility index (Phi) is 4.66. The monoisotopic (exact) mass is 292 g/mol. The SMILES string of the molecule is Cc1cccc(CCCc2ccc3c(c2C)CCCC3)c1C. The summed E-state index contributed by atoms with van der Waals surface area (Å²) in [6, 6.07) is 11.5. The lowest BCUT2D eigenvalue weighted by atomic mass is 9.85. The summed E-state index contributed by atoms with van der Waals surface area (Å²) in [5.41, 5.74) is 10.9. The zero-order chi connectivity index (χ0) is 15.5. The highest BCUT2D eigenvalue weighted by molar-refractivity contribution is 5.42. The van der Waals surface area contributed by atoms with E-state index in [1.165, 1.54) is 61.6 Å². The Hall–Kier alpha value is -1.56. The number of benzene rings is 2. The van der Waals surface area contributed by atoms with Gasteiger partial charge in [-0.15, -0.1) is 0 Å². The summed E-state index contributed by atoms with van der Waals surface area (Å²) in [5.74, 6) is 0. The van der Waals surface area contributed by atoms with Gasteiger partial charge in [0.15, 0.2) is 0 Å². The van der Waals surface area contributed by atoms with E-state index in [9.17, 15) is 0 Å². The molecule has 0 aromatic heterocycles. The van der Waals surface area contributed by atoms with E-state index in [0.717, 1.165) is 0 Å². The molecule has 2 aromatic rings. The highest BCUT2D eigenvalue weighted by atomic mass is 14.2. The van der Waals surface area contributed by atoms with Crippen LogP contribution in [0, 0.1) is 20.8 Å². The molecule has 0 N–H and O–H groups in total. The van der Waals surface area contributed by atoms with E-state index in [4.69, 9.17) is 0 Å². The molecule has 0 aliphatic heterocycles. The van der Waals surface area contributed by atoms with Gasteiger partial charge < -0.3 is 0 Å². The van der Waals surface area contributed by atoms with Gasteiger partial charge in [-0.3, -0.25) is 0 Å². The predicted molar refractivity (Wildman–Crippen MR) is 95.8 cm³/mol. The van der Waals surface area contributed by atoms with Crippen LogP contribution in [0.25, 0.3) is 0 Å². The van der Waals surface area contributed by atoms with Crippen LogP contribution in [-0.4, -0.2) is 0 Å². The van der Waals surface area contributed by atoms with Crippen LogP contribution in [0.15, 0.2) is 30.3 Å². The lowest BCUT2D eigenvalue weighted by Gasteiger charge is -2.20. The van der Waals surface area contributed by atoms with Crippen molar-refractivity contribution in [1.29, 1.82) is 0 Å². The fourth-order valence-electron chi connectivity index (χ4n) is 3.88. The first kappa shape index (κ1) is 15.3. The first-order valence-electron chi connectivity index (χ1n) is 8.82. The van der Waals surface area contributed by atoms with Gasteiger partial charge in [-0.25, -0.2) is 0 Å². The highest BCUT2D eigenvalue weighted by Crippen LogP contribution is 2.27. The molecule has 2 aromatic carbocycles. The number of aryl methyl sites for hydroxylation is 4. The Bertz CT molecular complexity index is 664. The fourth-order valence-corrected chi connectivity index (χ4v) is 3.88. The van der Waals surface area contributed by atoms with Gasteiger partial charge in [0.05, 0.1) is 0 Å². The molecule has 3 rings (SSSR count). The zero-order valence-corrected chi connectivity index (χ0v) is 14.3. The van der Waals surface area contributed by atoms with E-state index in [-0.39, 0.29) is 0 Å². The first-order valence-corrected chi connectivity index (χ1v) is 8.82. The largest absolute Gasteiger partial charge is 0.0617 e. The molecular weight excluding hydrogens is 264 g/mol. The molecule has 0 bridgehead atoms. The van der Waals surface area contributed by atoms with Crippen molar-refractivity contribution < 1.29 is 0 Å². The molecule has 0 heteroatoms. The van der Waals surface area contributed by atoms with Crippen LogP contribution in [-0.2, 0) is 25.7 Å². The summed E-state index contributed by atoms with van der Waals surface area (Å²) in [6.45, 7) is 6.82. The van der Waals surface area contributed by atoms with Crippen LogP contribution >= 0.6 is 0 Å². The van der Waals surface area contributed by atoms with Crippen LogP contribution in [0.1, 0.15) is 58.2 Å². The standard InChI is InChI=1S/C22H28/c1-16-8-6-10-19(17(16)2)11-7-12-20-14-15-21-9-4-5-13-22(21)18(20)3/h6,8,10,14-15H,4-5,7,9,11-13H2,1-3H3. The lowest BCUT2D eigenvalue weighted by molar-refractivity contribution is 0.678. The van der Waals surface area contributed by atoms with E-state index < -0.39 is 0 Å². The van der Waals surface area contributed by atoms with Crippen LogP contribution in [0.4, 0.5) is 0 Å². The quantitative estimate of drug-likeness (QED) is 0.681. The van der Waals surface area contributed by atoms with E-state index in [0.29, 0.717) is 0 Å². The summed E-state index contributed by atoms with van der Waals surface area (Å²) in [7, 11) is 0. The summed E-state index contributed by atoms with van der Waals surface area (Å²) in [5, 5.41) is 0. The van der Waals surface area contributed by atoms with Crippen molar-refractivity contribution in [3.8, 4) is 0 Å². The first-order chi connectivity index (χ1) is 10.7. The molecule has 0 saturated heterocycles. The van der Waals surface area contributed by atoms with Crippen molar-refractivity contribution in [3.05, 3.63) is 69.3 Å². The summed E-state index contributed by atoms with van der Waals surface area (Å²) in [4.78, 5) is 0. The van der Waals surface area contributed by atoms with Crippen molar-refractivity contribution >= 4 is 0 Å². The molecule has 0 saturated carbocycles. The second-order valence-electron chi connectivity index (χ2n) is 6.91. The van der Waals surface area contributed by atoms with Crippen molar-refractivity contribution in [1.82, 2.24) is 0 Å². The summed E-state index contributed by atoms with van der Waals surface area (Å²) in [6.07, 6.45) is 9.00. The Morgan fingerprint density at radius 3 is 2.32 bits per heavy atom. The maximum Gasteiger partial charge on any atom is -0.0273 e. The van der Waals surface area contributed by atoms with Crippen molar-refractivity contribution in [3.63, 3.8) is 0 Å². The molecule has 116 valence electrons. The maximum absolute atomic E-state index is 2.40. The van der Waals surface area contributed by atoms with Gasteiger partial charge in [-0.2, -0.15) is 0 Å². The van der Waals surface area contributed by atoms with Gasteiger partial charge in [-0.05, 0) is 105 Å². The van der Waals surface area contributed by atoms with Crippen molar-refractivity contribution in [2.45, 2.75) is 65.7 Å². The maximum atomic E-state index is 2.40. The van der Waals surface area contributed by atoms with E-state index in [2.05, 4.69) is 51.1 Å². The van der Waals surface area contributed by atoms with Gasteiger partial charge in [0.1, 0.15) is 0 Å².